The smallest absolute Gasteiger partial charge is 0.169 e. The van der Waals surface area contributed by atoms with Crippen molar-refractivity contribution in [3.8, 4) is 17.2 Å². The predicted molar refractivity (Wildman–Crippen MR) is 129 cm³/mol. The zero-order valence-electron chi connectivity index (χ0n) is 18.9. The maximum absolute atomic E-state index is 5.94. The third-order valence-electron chi connectivity index (χ3n) is 6.15. The highest BCUT2D eigenvalue weighted by Gasteiger charge is 2.33. The van der Waals surface area contributed by atoms with Crippen molar-refractivity contribution in [1.82, 2.24) is 0 Å². The van der Waals surface area contributed by atoms with Crippen molar-refractivity contribution in [3.63, 3.8) is 0 Å². The predicted octanol–water partition coefficient (Wildman–Crippen LogP) is 6.96. The summed E-state index contributed by atoms with van der Waals surface area (Å²) in [5, 5.41) is 0. The van der Waals surface area contributed by atoms with Crippen LogP contribution in [0.15, 0.2) is 71.7 Å². The molecule has 160 valence electrons. The third-order valence-corrected chi connectivity index (χ3v) is 6.15. The van der Waals surface area contributed by atoms with Gasteiger partial charge in [-0.2, -0.15) is 0 Å². The first-order chi connectivity index (χ1) is 14.9. The number of anilines is 1. The third kappa shape index (κ3) is 4.43. The molecule has 3 aromatic rings. The van der Waals surface area contributed by atoms with E-state index in [0.717, 1.165) is 23.4 Å². The number of nitrogens with zero attached hydrogens (tertiary/aromatic N) is 2. The van der Waals surface area contributed by atoms with Crippen LogP contribution in [0.3, 0.4) is 0 Å². The van der Waals surface area contributed by atoms with E-state index in [1.807, 2.05) is 54.7 Å². The molecule has 3 aromatic carbocycles. The molecule has 0 saturated carbocycles. The highest BCUT2D eigenvalue weighted by Crippen LogP contribution is 2.42. The molecule has 0 spiro atoms. The van der Waals surface area contributed by atoms with Crippen molar-refractivity contribution >= 4 is 17.6 Å². The van der Waals surface area contributed by atoms with Crippen LogP contribution >= 0.6 is 0 Å². The molecular formula is C27H30N2O2. The summed E-state index contributed by atoms with van der Waals surface area (Å²) in [5.41, 5.74) is 4.89. The topological polar surface area (TPSA) is 34.1 Å². The number of methoxy groups -OCH3 is 1. The van der Waals surface area contributed by atoms with Gasteiger partial charge < -0.3 is 14.4 Å². The van der Waals surface area contributed by atoms with Gasteiger partial charge >= 0.3 is 0 Å². The van der Waals surface area contributed by atoms with E-state index in [1.54, 1.807) is 7.11 Å². The molecule has 0 bridgehead atoms. The lowest BCUT2D eigenvalue weighted by molar-refractivity contribution is 0.379. The Kier molecular flexibility index (Phi) is 5.73. The number of benzene rings is 3. The Labute approximate surface area is 185 Å². The quantitative estimate of drug-likeness (QED) is 0.423. The van der Waals surface area contributed by atoms with Crippen LogP contribution in [-0.4, -0.2) is 25.9 Å². The lowest BCUT2D eigenvalue weighted by atomic mass is 9.80. The number of para-hydroxylation sites is 2. The number of hydrogen-bond acceptors (Lipinski definition) is 4. The normalized spacial score (nSPS) is 17.5. The van der Waals surface area contributed by atoms with Crippen molar-refractivity contribution in [3.05, 3.63) is 77.9 Å². The molecule has 4 heteroatoms. The van der Waals surface area contributed by atoms with Crippen LogP contribution in [0.25, 0.3) is 0 Å². The van der Waals surface area contributed by atoms with Crippen LogP contribution in [-0.2, 0) is 0 Å². The fraction of sp³-hybridized carbons (Fsp3) is 0.296. The molecule has 0 saturated heterocycles. The minimum Gasteiger partial charge on any atom is -0.493 e. The summed E-state index contributed by atoms with van der Waals surface area (Å²) in [6.07, 6.45) is 3.08. The van der Waals surface area contributed by atoms with E-state index < -0.39 is 0 Å². The molecule has 0 aromatic heterocycles. The average Bonchev–Trinajstić information content (AvgIpc) is 2.77. The molecule has 1 unspecified atom stereocenters. The summed E-state index contributed by atoms with van der Waals surface area (Å²) in [6, 6.07) is 22.0. The summed E-state index contributed by atoms with van der Waals surface area (Å²) in [4.78, 5) is 7.05. The number of rotatable bonds is 5. The molecule has 31 heavy (non-hydrogen) atoms. The summed E-state index contributed by atoms with van der Waals surface area (Å²) in [7, 11) is 3.83. The highest BCUT2D eigenvalue weighted by molar-refractivity contribution is 5.83. The maximum Gasteiger partial charge on any atom is 0.169 e. The van der Waals surface area contributed by atoms with Gasteiger partial charge in [-0.15, -0.1) is 0 Å². The van der Waals surface area contributed by atoms with Crippen LogP contribution < -0.4 is 14.4 Å². The Morgan fingerprint density at radius 3 is 2.42 bits per heavy atom. The van der Waals surface area contributed by atoms with E-state index in [-0.39, 0.29) is 5.54 Å². The molecule has 0 N–H and O–H groups in total. The van der Waals surface area contributed by atoms with Crippen LogP contribution in [0.5, 0.6) is 17.2 Å². The molecular weight excluding hydrogens is 384 g/mol. The summed E-state index contributed by atoms with van der Waals surface area (Å²) in [6.45, 7) is 6.93. The first-order valence-corrected chi connectivity index (χ1v) is 10.7. The number of ether oxygens (including phenoxy) is 2. The fourth-order valence-electron chi connectivity index (χ4n) is 4.26. The molecule has 0 fully saturated rings. The molecule has 0 amide bonds. The van der Waals surface area contributed by atoms with Gasteiger partial charge in [-0.1, -0.05) is 25.1 Å². The monoisotopic (exact) mass is 414 g/mol. The first-order valence-electron chi connectivity index (χ1n) is 10.7. The standard InChI is InChI=1S/C27H30N2O2/c1-19-17-27(2,3)29(4)24-15-10-20(16-23(19)24)18-28-21-11-13-22(14-12-21)31-26-9-7-6-8-25(26)30-5/h6-16,18-19H,17H2,1-5H3. The summed E-state index contributed by atoms with van der Waals surface area (Å²) < 4.78 is 11.3. The second kappa shape index (κ2) is 8.46. The minimum atomic E-state index is 0.176. The van der Waals surface area contributed by atoms with Gasteiger partial charge in [0.25, 0.3) is 0 Å². The van der Waals surface area contributed by atoms with Gasteiger partial charge in [0.05, 0.1) is 12.8 Å². The van der Waals surface area contributed by atoms with Gasteiger partial charge in [0, 0.05) is 24.5 Å². The van der Waals surface area contributed by atoms with E-state index >= 15 is 0 Å². The molecule has 4 rings (SSSR count). The first kappa shape index (κ1) is 21.0. The van der Waals surface area contributed by atoms with Gasteiger partial charge in [0.1, 0.15) is 5.75 Å². The lowest BCUT2D eigenvalue weighted by Gasteiger charge is -2.45. The van der Waals surface area contributed by atoms with Crippen molar-refractivity contribution in [1.29, 1.82) is 0 Å². The van der Waals surface area contributed by atoms with Gasteiger partial charge in [0.2, 0.25) is 0 Å². The molecule has 1 aliphatic rings. The molecule has 1 heterocycles. The van der Waals surface area contributed by atoms with E-state index in [1.165, 1.54) is 11.3 Å². The minimum absolute atomic E-state index is 0.176. The van der Waals surface area contributed by atoms with Gasteiger partial charge in [0.15, 0.2) is 11.5 Å². The van der Waals surface area contributed by atoms with Crippen LogP contribution in [0.2, 0.25) is 0 Å². The van der Waals surface area contributed by atoms with Gasteiger partial charge in [-0.3, -0.25) is 4.99 Å². The van der Waals surface area contributed by atoms with Crippen molar-refractivity contribution in [2.24, 2.45) is 4.99 Å². The second-order valence-corrected chi connectivity index (χ2v) is 8.80. The Bertz CT molecular complexity index is 1090. The number of fused-ring (bicyclic) bond motifs is 1. The molecule has 0 aliphatic carbocycles. The van der Waals surface area contributed by atoms with Crippen LogP contribution in [0, 0.1) is 0 Å². The Balaban J connectivity index is 1.49. The molecule has 4 nitrogen and oxygen atoms in total. The van der Waals surface area contributed by atoms with Gasteiger partial charge in [-0.25, -0.2) is 0 Å². The number of hydrogen-bond donors (Lipinski definition) is 0. The van der Waals surface area contributed by atoms with E-state index in [0.29, 0.717) is 17.4 Å². The number of aliphatic imine (C=N–C) groups is 1. The Hall–Kier alpha value is -3.27. The van der Waals surface area contributed by atoms with Crippen molar-refractivity contribution < 1.29 is 9.47 Å². The van der Waals surface area contributed by atoms with E-state index in [9.17, 15) is 0 Å². The fourth-order valence-corrected chi connectivity index (χ4v) is 4.26. The highest BCUT2D eigenvalue weighted by atomic mass is 16.5. The largest absolute Gasteiger partial charge is 0.493 e. The van der Waals surface area contributed by atoms with E-state index in [2.05, 4.69) is 55.9 Å². The molecule has 1 atom stereocenters. The SMILES string of the molecule is COc1ccccc1Oc1ccc(N=Cc2ccc3c(c2)C(C)CC(C)(C)N3C)cc1. The zero-order chi connectivity index (χ0) is 22.0. The van der Waals surface area contributed by atoms with Crippen molar-refractivity contribution in [2.75, 3.05) is 19.1 Å². The summed E-state index contributed by atoms with van der Waals surface area (Å²) in [5.74, 6) is 2.68. The zero-order valence-corrected chi connectivity index (χ0v) is 18.9. The van der Waals surface area contributed by atoms with E-state index in [4.69, 9.17) is 9.47 Å². The summed E-state index contributed by atoms with van der Waals surface area (Å²) >= 11 is 0. The van der Waals surface area contributed by atoms with Gasteiger partial charge in [-0.05, 0) is 85.8 Å². The average molecular weight is 415 g/mol. The lowest BCUT2D eigenvalue weighted by Crippen LogP contribution is -2.45. The molecule has 1 aliphatic heterocycles. The van der Waals surface area contributed by atoms with Crippen molar-refractivity contribution in [2.45, 2.75) is 38.6 Å². The van der Waals surface area contributed by atoms with Crippen LogP contribution in [0.1, 0.15) is 44.2 Å². The molecule has 0 radical (unpaired) electrons. The Morgan fingerprint density at radius 2 is 1.71 bits per heavy atom. The Morgan fingerprint density at radius 1 is 1.00 bits per heavy atom. The maximum atomic E-state index is 5.94. The van der Waals surface area contributed by atoms with Crippen LogP contribution in [0.4, 0.5) is 11.4 Å². The second-order valence-electron chi connectivity index (χ2n) is 8.80.